The van der Waals surface area contributed by atoms with E-state index in [0.29, 0.717) is 17.5 Å². The second-order valence-electron chi connectivity index (χ2n) is 6.18. The predicted molar refractivity (Wildman–Crippen MR) is 105 cm³/mol. The van der Waals surface area contributed by atoms with Crippen LogP contribution in [-0.2, 0) is 4.79 Å². The molecule has 1 unspecified atom stereocenters. The van der Waals surface area contributed by atoms with Crippen LogP contribution in [0.4, 0.5) is 5.95 Å². The van der Waals surface area contributed by atoms with E-state index in [9.17, 15) is 4.79 Å². The normalized spacial score (nSPS) is 19.0. The average Bonchev–Trinajstić information content (AvgIpc) is 3.02. The molecule has 4 rings (SSSR count). The molecule has 1 aliphatic carbocycles. The summed E-state index contributed by atoms with van der Waals surface area (Å²) in [4.78, 5) is 17.4. The number of carbonyl (C=O) groups is 1. The summed E-state index contributed by atoms with van der Waals surface area (Å²) < 4.78 is 8.35. The second kappa shape index (κ2) is 7.08. The molecule has 0 saturated heterocycles. The number of nitrogens with zero attached hydrogens (tertiary/aromatic N) is 3. The van der Waals surface area contributed by atoms with Crippen molar-refractivity contribution in [3.63, 3.8) is 0 Å². The van der Waals surface area contributed by atoms with Gasteiger partial charge in [-0.05, 0) is 36.8 Å². The summed E-state index contributed by atoms with van der Waals surface area (Å²) in [6.45, 7) is 2.07. The molecular weight excluding hydrogens is 416 g/mol. The van der Waals surface area contributed by atoms with E-state index < -0.39 is 0 Å². The summed E-state index contributed by atoms with van der Waals surface area (Å²) in [5.74, 6) is 2.47. The van der Waals surface area contributed by atoms with Gasteiger partial charge in [-0.1, -0.05) is 34.6 Å². The number of hydrogen-bond acceptors (Lipinski definition) is 6. The van der Waals surface area contributed by atoms with Crippen LogP contribution < -0.4 is 10.1 Å². The molecule has 1 aliphatic heterocycles. The van der Waals surface area contributed by atoms with Crippen LogP contribution in [0.15, 0.2) is 39.1 Å². The van der Waals surface area contributed by atoms with Gasteiger partial charge in [0.15, 0.2) is 5.78 Å². The first-order chi connectivity index (χ1) is 12.6. The number of ketones is 1. The zero-order valence-corrected chi connectivity index (χ0v) is 17.0. The number of nitrogens with one attached hydrogen (secondary N) is 1. The summed E-state index contributed by atoms with van der Waals surface area (Å²) in [5, 5.41) is 8.73. The Balaban J connectivity index is 1.93. The van der Waals surface area contributed by atoms with Gasteiger partial charge >= 0.3 is 0 Å². The minimum atomic E-state index is -0.333. The van der Waals surface area contributed by atoms with E-state index in [1.807, 2.05) is 22.9 Å². The molecule has 26 heavy (non-hydrogen) atoms. The molecular formula is C18H19BrN4O2S. The van der Waals surface area contributed by atoms with Gasteiger partial charge in [-0.2, -0.15) is 4.98 Å². The summed E-state index contributed by atoms with van der Waals surface area (Å²) >= 11 is 5.13. The summed E-state index contributed by atoms with van der Waals surface area (Å²) in [6.07, 6.45) is 2.27. The maximum Gasteiger partial charge on any atom is 0.227 e. The van der Waals surface area contributed by atoms with Crippen LogP contribution in [0.3, 0.4) is 0 Å². The van der Waals surface area contributed by atoms with Crippen LogP contribution in [0.2, 0.25) is 0 Å². The van der Waals surface area contributed by atoms with Crippen LogP contribution in [0.5, 0.6) is 5.75 Å². The number of anilines is 1. The maximum atomic E-state index is 12.8. The fraction of sp³-hybridized carbons (Fsp3) is 0.389. The van der Waals surface area contributed by atoms with Gasteiger partial charge in [-0.25, -0.2) is 4.68 Å². The van der Waals surface area contributed by atoms with Crippen LogP contribution in [0.1, 0.15) is 37.8 Å². The number of ether oxygens (including phenoxy) is 1. The summed E-state index contributed by atoms with van der Waals surface area (Å²) in [5.41, 5.74) is 2.64. The number of methoxy groups -OCH3 is 1. The Hall–Kier alpha value is -1.80. The van der Waals surface area contributed by atoms with Gasteiger partial charge in [-0.15, -0.1) is 5.10 Å². The Morgan fingerprint density at radius 1 is 1.42 bits per heavy atom. The highest BCUT2D eigenvalue weighted by Gasteiger charge is 2.38. The van der Waals surface area contributed by atoms with Crippen LogP contribution in [0.25, 0.3) is 0 Å². The number of aromatic nitrogens is 3. The van der Waals surface area contributed by atoms with E-state index in [0.717, 1.165) is 45.7 Å². The Kier molecular flexibility index (Phi) is 4.79. The first-order valence-electron chi connectivity index (χ1n) is 8.58. The lowest BCUT2D eigenvalue weighted by Gasteiger charge is -2.32. The van der Waals surface area contributed by atoms with Crippen molar-refractivity contribution in [3.8, 4) is 5.75 Å². The van der Waals surface area contributed by atoms with Gasteiger partial charge < -0.3 is 10.1 Å². The number of halogens is 1. The van der Waals surface area contributed by atoms with Gasteiger partial charge in [0.25, 0.3) is 0 Å². The highest BCUT2D eigenvalue weighted by molar-refractivity contribution is 9.10. The zero-order valence-electron chi connectivity index (χ0n) is 14.6. The van der Waals surface area contributed by atoms with Crippen molar-refractivity contribution < 1.29 is 9.53 Å². The molecule has 2 heterocycles. The fourth-order valence-electron chi connectivity index (χ4n) is 3.53. The molecule has 0 amide bonds. The van der Waals surface area contributed by atoms with Crippen molar-refractivity contribution >= 4 is 39.4 Å². The van der Waals surface area contributed by atoms with E-state index >= 15 is 0 Å². The van der Waals surface area contributed by atoms with Gasteiger partial charge in [0, 0.05) is 27.7 Å². The minimum absolute atomic E-state index is 0.164. The van der Waals surface area contributed by atoms with Crippen LogP contribution in [0, 0.1) is 0 Å². The molecule has 1 aromatic heterocycles. The predicted octanol–water partition coefficient (Wildman–Crippen LogP) is 4.18. The zero-order chi connectivity index (χ0) is 18.3. The van der Waals surface area contributed by atoms with Gasteiger partial charge in [0.1, 0.15) is 11.8 Å². The van der Waals surface area contributed by atoms with E-state index in [1.165, 1.54) is 0 Å². The lowest BCUT2D eigenvalue weighted by Crippen LogP contribution is -2.31. The number of fused-ring (bicyclic) bond motifs is 1. The second-order valence-corrected chi connectivity index (χ2v) is 8.33. The first kappa shape index (κ1) is 17.6. The Morgan fingerprint density at radius 3 is 3.04 bits per heavy atom. The molecule has 1 aromatic carbocycles. The highest BCUT2D eigenvalue weighted by Crippen LogP contribution is 2.43. The Labute approximate surface area is 164 Å². The topological polar surface area (TPSA) is 69.0 Å². The number of rotatable bonds is 4. The molecule has 0 radical (unpaired) electrons. The summed E-state index contributed by atoms with van der Waals surface area (Å²) in [7, 11) is 1.65. The van der Waals surface area contributed by atoms with E-state index in [2.05, 4.69) is 38.3 Å². The fourth-order valence-corrected chi connectivity index (χ4v) is 4.47. The van der Waals surface area contributed by atoms with Crippen molar-refractivity contribution in [1.29, 1.82) is 0 Å². The molecule has 6 nitrogen and oxygen atoms in total. The van der Waals surface area contributed by atoms with Gasteiger partial charge in [0.05, 0.1) is 7.11 Å². The quantitative estimate of drug-likeness (QED) is 0.727. The molecule has 0 fully saturated rings. The Bertz CT molecular complexity index is 909. The van der Waals surface area contributed by atoms with Crippen molar-refractivity contribution in [2.24, 2.45) is 0 Å². The standard InChI is InChI=1S/C18H19BrN4O2S/c1-3-26-18-21-17-20-12-5-4-6-13(24)15(12)16(23(17)22-18)11-9-10(19)7-8-14(11)25-2/h7-9,16H,3-6H2,1-2H3,(H,20,21,22). The molecule has 2 aliphatic rings. The van der Waals surface area contributed by atoms with Crippen molar-refractivity contribution in [2.45, 2.75) is 37.4 Å². The number of carbonyl (C=O) groups excluding carboxylic acids is 1. The highest BCUT2D eigenvalue weighted by atomic mass is 79.9. The monoisotopic (exact) mass is 434 g/mol. The number of thioether (sulfide) groups is 1. The molecule has 136 valence electrons. The van der Waals surface area contributed by atoms with Crippen molar-refractivity contribution in [3.05, 3.63) is 39.5 Å². The molecule has 0 bridgehead atoms. The molecule has 0 spiro atoms. The summed E-state index contributed by atoms with van der Waals surface area (Å²) in [6, 6.07) is 5.51. The first-order valence-corrected chi connectivity index (χ1v) is 10.4. The van der Waals surface area contributed by atoms with Crippen molar-refractivity contribution in [2.75, 3.05) is 18.2 Å². The SMILES string of the molecule is CCSc1nc2n(n1)C(c1cc(Br)ccc1OC)C1=C(CCCC1=O)N2. The Morgan fingerprint density at radius 2 is 2.27 bits per heavy atom. The number of benzene rings is 1. The lowest BCUT2D eigenvalue weighted by molar-refractivity contribution is -0.116. The maximum absolute atomic E-state index is 12.8. The van der Waals surface area contributed by atoms with E-state index in [-0.39, 0.29) is 11.8 Å². The molecule has 8 heteroatoms. The smallest absolute Gasteiger partial charge is 0.227 e. The van der Waals surface area contributed by atoms with Gasteiger partial charge in [0.2, 0.25) is 11.1 Å². The third-order valence-electron chi connectivity index (χ3n) is 4.61. The van der Waals surface area contributed by atoms with Crippen LogP contribution >= 0.6 is 27.7 Å². The number of hydrogen-bond donors (Lipinski definition) is 1. The number of Topliss-reactive ketones (excluding diaryl/α,β-unsaturated/α-hetero) is 1. The van der Waals surface area contributed by atoms with Gasteiger partial charge in [-0.3, -0.25) is 4.79 Å². The lowest BCUT2D eigenvalue weighted by atomic mass is 9.85. The largest absolute Gasteiger partial charge is 0.496 e. The average molecular weight is 435 g/mol. The molecule has 1 atom stereocenters. The van der Waals surface area contributed by atoms with E-state index in [4.69, 9.17) is 4.74 Å². The molecule has 0 saturated carbocycles. The van der Waals surface area contributed by atoms with Crippen molar-refractivity contribution in [1.82, 2.24) is 14.8 Å². The third kappa shape index (κ3) is 2.95. The number of allylic oxidation sites excluding steroid dienone is 2. The third-order valence-corrected chi connectivity index (χ3v) is 5.82. The van der Waals surface area contributed by atoms with E-state index in [1.54, 1.807) is 18.9 Å². The minimum Gasteiger partial charge on any atom is -0.496 e. The molecule has 2 aromatic rings. The molecule has 1 N–H and O–H groups in total. The van der Waals surface area contributed by atoms with Crippen LogP contribution in [-0.4, -0.2) is 33.4 Å².